The molecule has 2 atom stereocenters. The second-order valence-electron chi connectivity index (χ2n) is 12.1. The van der Waals surface area contributed by atoms with Gasteiger partial charge in [0.2, 0.25) is 5.88 Å². The summed E-state index contributed by atoms with van der Waals surface area (Å²) in [5, 5.41) is 10.7. The van der Waals surface area contributed by atoms with Gasteiger partial charge in [0.15, 0.2) is 5.82 Å². The third kappa shape index (κ3) is 4.73. The second kappa shape index (κ2) is 10.4. The summed E-state index contributed by atoms with van der Waals surface area (Å²) < 4.78 is 59.2. The number of aliphatic hydroxyl groups is 1. The van der Waals surface area contributed by atoms with Gasteiger partial charge in [-0.25, -0.2) is 13.2 Å². The predicted molar refractivity (Wildman–Crippen MR) is 155 cm³/mol. The number of terminal acetylenes is 1. The van der Waals surface area contributed by atoms with Gasteiger partial charge in [-0.2, -0.15) is 9.97 Å². The van der Waals surface area contributed by atoms with E-state index in [1.807, 2.05) is 0 Å². The molecule has 3 aromatic carbocycles. The Hall–Kier alpha value is -3.87. The van der Waals surface area contributed by atoms with Gasteiger partial charge in [-0.1, -0.05) is 30.2 Å². The number of halogens is 3. The summed E-state index contributed by atoms with van der Waals surface area (Å²) in [6.07, 6.45) is 9.23. The molecule has 6 nitrogen and oxygen atoms in total. The molecule has 6 rings (SSSR count). The van der Waals surface area contributed by atoms with Gasteiger partial charge in [0, 0.05) is 11.4 Å². The van der Waals surface area contributed by atoms with Gasteiger partial charge in [-0.05, 0) is 76.1 Å². The van der Waals surface area contributed by atoms with Gasteiger partial charge in [-0.3, -0.25) is 4.90 Å². The van der Waals surface area contributed by atoms with Crippen LogP contribution in [0.25, 0.3) is 32.8 Å². The zero-order chi connectivity index (χ0) is 29.8. The average molecular weight is 576 g/mol. The third-order valence-corrected chi connectivity index (χ3v) is 8.35. The Labute approximate surface area is 242 Å². The van der Waals surface area contributed by atoms with Crippen LogP contribution < -0.4 is 9.47 Å². The van der Waals surface area contributed by atoms with Crippen molar-refractivity contribution < 1.29 is 27.8 Å². The van der Waals surface area contributed by atoms with Crippen LogP contribution in [0.2, 0.25) is 0 Å². The lowest BCUT2D eigenvalue weighted by atomic mass is 9.93. The van der Waals surface area contributed by atoms with Crippen molar-refractivity contribution in [2.24, 2.45) is 0 Å². The van der Waals surface area contributed by atoms with E-state index in [0.717, 1.165) is 38.3 Å². The van der Waals surface area contributed by atoms with Crippen LogP contribution in [-0.4, -0.2) is 56.9 Å². The molecule has 1 aromatic heterocycles. The number of hydrogen-bond acceptors (Lipinski definition) is 6. The summed E-state index contributed by atoms with van der Waals surface area (Å²) >= 11 is 0. The van der Waals surface area contributed by atoms with Crippen molar-refractivity contribution in [3.05, 3.63) is 59.4 Å². The number of ether oxygens (including phenoxy) is 2. The van der Waals surface area contributed by atoms with Gasteiger partial charge in [0.1, 0.15) is 29.4 Å². The van der Waals surface area contributed by atoms with Crippen molar-refractivity contribution in [2.75, 3.05) is 19.8 Å². The first kappa shape index (κ1) is 28.3. The molecule has 0 unspecified atom stereocenters. The second-order valence-corrected chi connectivity index (χ2v) is 12.1. The van der Waals surface area contributed by atoms with Gasteiger partial charge < -0.3 is 14.6 Å². The zero-order valence-electron chi connectivity index (χ0n) is 23.8. The summed E-state index contributed by atoms with van der Waals surface area (Å²) in [5.41, 5.74) is -1.54. The van der Waals surface area contributed by atoms with E-state index >= 15 is 8.78 Å². The van der Waals surface area contributed by atoms with Crippen molar-refractivity contribution >= 4 is 21.7 Å². The molecule has 0 spiro atoms. The third-order valence-electron chi connectivity index (χ3n) is 8.35. The van der Waals surface area contributed by atoms with Crippen molar-refractivity contribution in [2.45, 2.75) is 63.6 Å². The van der Waals surface area contributed by atoms with Crippen LogP contribution in [0, 0.1) is 29.8 Å². The Morgan fingerprint density at radius 1 is 1.12 bits per heavy atom. The first-order valence-electron chi connectivity index (χ1n) is 14.1. The minimum Gasteiger partial charge on any atom is -0.471 e. The van der Waals surface area contributed by atoms with E-state index in [0.29, 0.717) is 5.39 Å². The summed E-state index contributed by atoms with van der Waals surface area (Å²) in [4.78, 5) is 11.1. The Bertz CT molecular complexity index is 1750. The number of rotatable bonds is 6. The number of aliphatic hydroxyl groups excluding tert-OH is 1. The Morgan fingerprint density at radius 2 is 1.93 bits per heavy atom. The lowest BCUT2D eigenvalue weighted by Crippen LogP contribution is -2.47. The van der Waals surface area contributed by atoms with E-state index in [1.54, 1.807) is 32.9 Å². The van der Waals surface area contributed by atoms with Crippen LogP contribution in [-0.2, 0) is 0 Å². The molecule has 0 saturated carbocycles. The number of fused-ring (bicyclic) bond motifs is 3. The van der Waals surface area contributed by atoms with Crippen LogP contribution in [0.5, 0.6) is 11.9 Å². The Kier molecular flexibility index (Phi) is 7.03. The van der Waals surface area contributed by atoms with Crippen molar-refractivity contribution in [3.63, 3.8) is 0 Å². The molecular weight excluding hydrogens is 543 g/mol. The standard InChI is InChI=1S/C33H32F3N3O3/c1-5-21-24(34)11-10-19-8-6-9-22(26(19)21)27-25(35)16-23-29(28(27)36)37-31(38-30(23)42-32(2,3)4)41-18-33-13-7-15-39(33)20(17-40)12-14-33/h1,6,8-11,16,20,40H,7,12-15,17-18H2,2-4H3/t20-,33-/m0/s1. The normalized spacial score (nSPS) is 20.7. The van der Waals surface area contributed by atoms with Gasteiger partial charge in [0.05, 0.1) is 28.7 Å². The zero-order valence-corrected chi connectivity index (χ0v) is 23.8. The maximum atomic E-state index is 16.5. The van der Waals surface area contributed by atoms with Gasteiger partial charge in [-0.15, -0.1) is 6.42 Å². The smallest absolute Gasteiger partial charge is 0.320 e. The molecular formula is C33H32F3N3O3. The molecule has 0 amide bonds. The monoisotopic (exact) mass is 575 g/mol. The molecule has 0 aliphatic carbocycles. The van der Waals surface area contributed by atoms with E-state index < -0.39 is 23.1 Å². The number of aromatic nitrogens is 2. The van der Waals surface area contributed by atoms with Crippen LogP contribution in [0.3, 0.4) is 0 Å². The van der Waals surface area contributed by atoms with E-state index in [-0.39, 0.29) is 69.7 Å². The van der Waals surface area contributed by atoms with Gasteiger partial charge >= 0.3 is 6.01 Å². The molecule has 2 fully saturated rings. The SMILES string of the molecule is C#Cc1c(F)ccc2cccc(-c3c(F)cc4c(OC(C)(C)C)nc(OC[C@@]56CCCN5[C@H](CO)CC6)nc4c3F)c12. The van der Waals surface area contributed by atoms with Crippen molar-refractivity contribution in [1.82, 2.24) is 14.9 Å². The summed E-state index contributed by atoms with van der Waals surface area (Å²) in [7, 11) is 0. The molecule has 0 bridgehead atoms. The molecule has 2 saturated heterocycles. The lowest BCUT2D eigenvalue weighted by molar-refractivity contribution is 0.0633. The number of benzene rings is 3. The maximum Gasteiger partial charge on any atom is 0.320 e. The fraction of sp³-hybridized carbons (Fsp3) is 0.394. The van der Waals surface area contributed by atoms with Crippen LogP contribution >= 0.6 is 0 Å². The first-order chi connectivity index (χ1) is 20.0. The average Bonchev–Trinajstić information content (AvgIpc) is 3.51. The van der Waals surface area contributed by atoms with E-state index in [1.165, 1.54) is 18.2 Å². The van der Waals surface area contributed by atoms with Gasteiger partial charge in [0.25, 0.3) is 0 Å². The lowest BCUT2D eigenvalue weighted by Gasteiger charge is -2.34. The van der Waals surface area contributed by atoms with Crippen LogP contribution in [0.4, 0.5) is 13.2 Å². The molecule has 218 valence electrons. The molecule has 3 heterocycles. The largest absolute Gasteiger partial charge is 0.471 e. The predicted octanol–water partition coefficient (Wildman–Crippen LogP) is 6.39. The molecule has 2 aliphatic rings. The molecule has 42 heavy (non-hydrogen) atoms. The van der Waals surface area contributed by atoms with E-state index in [9.17, 15) is 9.50 Å². The summed E-state index contributed by atoms with van der Waals surface area (Å²) in [6, 6.07) is 8.71. The topological polar surface area (TPSA) is 67.7 Å². The molecule has 4 aromatic rings. The fourth-order valence-electron chi connectivity index (χ4n) is 6.54. The van der Waals surface area contributed by atoms with Crippen molar-refractivity contribution in [1.29, 1.82) is 0 Å². The number of nitrogens with zero attached hydrogens (tertiary/aromatic N) is 3. The minimum atomic E-state index is -0.961. The van der Waals surface area contributed by atoms with E-state index in [2.05, 4.69) is 20.8 Å². The van der Waals surface area contributed by atoms with Crippen molar-refractivity contribution in [3.8, 4) is 35.4 Å². The summed E-state index contributed by atoms with van der Waals surface area (Å²) in [5.74, 6) is -0.192. The minimum absolute atomic E-state index is 0.0134. The Morgan fingerprint density at radius 3 is 2.67 bits per heavy atom. The van der Waals surface area contributed by atoms with Crippen LogP contribution in [0.1, 0.15) is 52.0 Å². The van der Waals surface area contributed by atoms with E-state index in [4.69, 9.17) is 15.9 Å². The highest BCUT2D eigenvalue weighted by Gasteiger charge is 2.49. The number of hydrogen-bond donors (Lipinski definition) is 1. The first-order valence-corrected chi connectivity index (χ1v) is 14.1. The molecule has 0 radical (unpaired) electrons. The fourth-order valence-corrected chi connectivity index (χ4v) is 6.54. The maximum absolute atomic E-state index is 16.5. The molecule has 9 heteroatoms. The quantitative estimate of drug-likeness (QED) is 0.269. The highest BCUT2D eigenvalue weighted by Crippen LogP contribution is 2.43. The summed E-state index contributed by atoms with van der Waals surface area (Å²) in [6.45, 7) is 6.62. The molecule has 2 aliphatic heterocycles. The highest BCUT2D eigenvalue weighted by atomic mass is 19.1. The molecule has 1 N–H and O–H groups in total. The van der Waals surface area contributed by atoms with Crippen LogP contribution in [0.15, 0.2) is 36.4 Å². The Balaban J connectivity index is 1.50. The highest BCUT2D eigenvalue weighted by molar-refractivity contribution is 6.02.